The highest BCUT2D eigenvalue weighted by molar-refractivity contribution is 6.32. The molecule has 3 rings (SSSR count). The standard InChI is InChI=1S/C20H12Cl2FN5O6/c21-11-3-9(6-24)4-12(5-11)34-16-13(22)2-1-10(15(16)23)7-25-17(29)14-8-26-18(27-14)28(19(30)31)20(32)33/h1-5,8H,7H2,(H,25,29)(H,26,27)(H,30,31)(H,32,33). The largest absolute Gasteiger partial charge is 0.464 e. The normalized spacial score (nSPS) is 10.3. The van der Waals surface area contributed by atoms with Crippen LogP contribution in [0.1, 0.15) is 21.6 Å². The molecule has 2 aromatic carbocycles. The molecule has 0 aliphatic rings. The number of nitrogens with zero attached hydrogens (tertiary/aromatic N) is 3. The summed E-state index contributed by atoms with van der Waals surface area (Å²) in [5, 5.41) is 29.4. The SMILES string of the molecule is N#Cc1cc(Cl)cc(Oc2c(Cl)ccc(CNC(=O)c3cnc(N(C(=O)O)C(=O)O)[nH]3)c2F)c1. The van der Waals surface area contributed by atoms with E-state index in [0.717, 1.165) is 6.20 Å². The minimum absolute atomic E-state index is 0.0206. The van der Waals surface area contributed by atoms with Crippen LogP contribution < -0.4 is 15.0 Å². The molecule has 174 valence electrons. The van der Waals surface area contributed by atoms with Crippen LogP contribution in [0.2, 0.25) is 10.0 Å². The van der Waals surface area contributed by atoms with Gasteiger partial charge in [0.1, 0.15) is 11.4 Å². The van der Waals surface area contributed by atoms with Gasteiger partial charge in [-0.25, -0.2) is 19.0 Å². The molecule has 1 aromatic heterocycles. The Balaban J connectivity index is 1.77. The molecule has 0 spiro atoms. The molecule has 0 radical (unpaired) electrons. The Morgan fingerprint density at radius 2 is 1.91 bits per heavy atom. The lowest BCUT2D eigenvalue weighted by molar-refractivity contribution is 0.0945. The maximum Gasteiger partial charge on any atom is 0.424 e. The van der Waals surface area contributed by atoms with Gasteiger partial charge >= 0.3 is 12.2 Å². The first-order valence-electron chi connectivity index (χ1n) is 9.05. The first-order chi connectivity index (χ1) is 16.1. The van der Waals surface area contributed by atoms with Crippen LogP contribution in [0, 0.1) is 17.1 Å². The van der Waals surface area contributed by atoms with Gasteiger partial charge in [0.05, 0.1) is 22.9 Å². The zero-order valence-corrected chi connectivity index (χ0v) is 18.2. The molecule has 4 N–H and O–H groups in total. The number of imide groups is 1. The third-order valence-electron chi connectivity index (χ3n) is 4.19. The molecule has 0 bridgehead atoms. The Morgan fingerprint density at radius 1 is 1.21 bits per heavy atom. The van der Waals surface area contributed by atoms with Crippen molar-refractivity contribution in [2.75, 3.05) is 4.90 Å². The number of H-pyrrole nitrogens is 1. The molecule has 0 atom stereocenters. The molecule has 3 aromatic rings. The number of nitrogens with one attached hydrogen (secondary N) is 2. The minimum Gasteiger partial charge on any atom is -0.464 e. The summed E-state index contributed by atoms with van der Waals surface area (Å²) in [5.41, 5.74) is -0.102. The molecular weight excluding hydrogens is 496 g/mol. The monoisotopic (exact) mass is 507 g/mol. The number of amides is 3. The number of rotatable bonds is 6. The van der Waals surface area contributed by atoms with Crippen molar-refractivity contribution in [1.29, 1.82) is 5.26 Å². The van der Waals surface area contributed by atoms with Gasteiger partial charge in [0.25, 0.3) is 5.91 Å². The summed E-state index contributed by atoms with van der Waals surface area (Å²) in [4.78, 5) is 40.0. The van der Waals surface area contributed by atoms with Crippen molar-refractivity contribution in [3.63, 3.8) is 0 Å². The van der Waals surface area contributed by atoms with Gasteiger partial charge in [-0.15, -0.1) is 4.90 Å². The molecule has 0 fully saturated rings. The molecule has 11 nitrogen and oxygen atoms in total. The fraction of sp³-hybridized carbons (Fsp3) is 0.0500. The molecular formula is C20H12Cl2FN5O6. The average Bonchev–Trinajstić information content (AvgIpc) is 3.24. The molecule has 14 heteroatoms. The first kappa shape index (κ1) is 24.3. The van der Waals surface area contributed by atoms with E-state index in [1.807, 2.05) is 6.07 Å². The minimum atomic E-state index is -1.83. The third-order valence-corrected chi connectivity index (χ3v) is 4.71. The number of hydrogen-bond acceptors (Lipinski definition) is 6. The number of aromatic amines is 1. The second kappa shape index (κ2) is 10.1. The van der Waals surface area contributed by atoms with Crippen LogP contribution in [0.25, 0.3) is 0 Å². The smallest absolute Gasteiger partial charge is 0.424 e. The Kier molecular flexibility index (Phi) is 7.20. The van der Waals surface area contributed by atoms with Gasteiger partial charge in [0, 0.05) is 17.1 Å². The summed E-state index contributed by atoms with van der Waals surface area (Å²) in [6, 6.07) is 8.62. The fourth-order valence-corrected chi connectivity index (χ4v) is 3.09. The predicted molar refractivity (Wildman–Crippen MR) is 116 cm³/mol. The average molecular weight is 508 g/mol. The number of nitriles is 1. The molecule has 0 aliphatic carbocycles. The maximum atomic E-state index is 15.0. The van der Waals surface area contributed by atoms with E-state index >= 15 is 4.39 Å². The third kappa shape index (κ3) is 5.34. The Labute approximate surface area is 199 Å². The number of ether oxygens (including phenoxy) is 1. The second-order valence-corrected chi connectivity index (χ2v) is 7.29. The maximum absolute atomic E-state index is 15.0. The zero-order valence-electron chi connectivity index (χ0n) is 16.7. The highest BCUT2D eigenvalue weighted by Gasteiger charge is 2.26. The lowest BCUT2D eigenvalue weighted by atomic mass is 10.2. The number of carbonyl (C=O) groups is 3. The number of carboxylic acid groups (broad SMARTS) is 2. The second-order valence-electron chi connectivity index (χ2n) is 6.44. The Morgan fingerprint density at radius 3 is 2.56 bits per heavy atom. The summed E-state index contributed by atoms with van der Waals surface area (Å²) in [5.74, 6) is -2.62. The Bertz CT molecular complexity index is 1330. The summed E-state index contributed by atoms with van der Waals surface area (Å²) in [6.45, 7) is -0.340. The number of hydrogen-bond donors (Lipinski definition) is 4. The van der Waals surface area contributed by atoms with Crippen LogP contribution in [-0.2, 0) is 6.54 Å². The van der Waals surface area contributed by atoms with Gasteiger partial charge in [0.2, 0.25) is 5.95 Å². The molecule has 34 heavy (non-hydrogen) atoms. The number of carbonyl (C=O) groups excluding carboxylic acids is 1. The van der Waals surface area contributed by atoms with Crippen molar-refractivity contribution < 1.29 is 33.7 Å². The number of anilines is 1. The molecule has 3 amide bonds. The van der Waals surface area contributed by atoms with E-state index in [1.54, 1.807) is 0 Å². The van der Waals surface area contributed by atoms with E-state index < -0.39 is 29.9 Å². The van der Waals surface area contributed by atoms with Crippen molar-refractivity contribution in [1.82, 2.24) is 15.3 Å². The molecule has 0 aliphatic heterocycles. The van der Waals surface area contributed by atoms with Gasteiger partial charge in [-0.2, -0.15) is 5.26 Å². The van der Waals surface area contributed by atoms with Crippen molar-refractivity contribution in [3.8, 4) is 17.6 Å². The van der Waals surface area contributed by atoms with Gasteiger partial charge in [-0.1, -0.05) is 29.3 Å². The number of benzene rings is 2. The van der Waals surface area contributed by atoms with E-state index in [4.69, 9.17) is 43.4 Å². The van der Waals surface area contributed by atoms with Gasteiger partial charge < -0.3 is 25.3 Å². The molecule has 0 saturated heterocycles. The lowest BCUT2D eigenvalue weighted by Gasteiger charge is -2.13. The van der Waals surface area contributed by atoms with Crippen molar-refractivity contribution in [2.24, 2.45) is 0 Å². The number of aromatic nitrogens is 2. The molecule has 0 saturated carbocycles. The van der Waals surface area contributed by atoms with E-state index in [-0.39, 0.29) is 49.8 Å². The van der Waals surface area contributed by atoms with Crippen LogP contribution in [0.4, 0.5) is 19.9 Å². The van der Waals surface area contributed by atoms with Crippen molar-refractivity contribution >= 4 is 47.2 Å². The van der Waals surface area contributed by atoms with Crippen LogP contribution in [0.15, 0.2) is 36.5 Å². The van der Waals surface area contributed by atoms with E-state index in [2.05, 4.69) is 15.3 Å². The predicted octanol–water partition coefficient (Wildman–Crippen LogP) is 4.61. The van der Waals surface area contributed by atoms with E-state index in [0.29, 0.717) is 0 Å². The summed E-state index contributed by atoms with van der Waals surface area (Å²) >= 11 is 12.0. The van der Waals surface area contributed by atoms with Gasteiger partial charge in [-0.05, 0) is 24.3 Å². The van der Waals surface area contributed by atoms with Crippen molar-refractivity contribution in [3.05, 3.63) is 69.2 Å². The molecule has 0 unspecified atom stereocenters. The van der Waals surface area contributed by atoms with E-state index in [9.17, 15) is 14.4 Å². The van der Waals surface area contributed by atoms with E-state index in [1.165, 1.54) is 30.3 Å². The summed E-state index contributed by atoms with van der Waals surface area (Å²) in [7, 11) is 0. The first-order valence-corrected chi connectivity index (χ1v) is 9.81. The van der Waals surface area contributed by atoms with Crippen molar-refractivity contribution in [2.45, 2.75) is 6.54 Å². The zero-order chi connectivity index (χ0) is 25.0. The number of imidazole rings is 1. The summed E-state index contributed by atoms with van der Waals surface area (Å²) < 4.78 is 20.5. The van der Waals surface area contributed by atoms with Gasteiger partial charge in [-0.3, -0.25) is 4.79 Å². The van der Waals surface area contributed by atoms with Crippen LogP contribution in [0.3, 0.4) is 0 Å². The van der Waals surface area contributed by atoms with Crippen LogP contribution in [0.5, 0.6) is 11.5 Å². The van der Waals surface area contributed by atoms with Gasteiger partial charge in [0.15, 0.2) is 11.6 Å². The lowest BCUT2D eigenvalue weighted by Crippen LogP contribution is -2.35. The Hall–Kier alpha value is -4.34. The highest BCUT2D eigenvalue weighted by atomic mass is 35.5. The van der Waals surface area contributed by atoms with Crippen LogP contribution in [-0.4, -0.2) is 38.3 Å². The highest BCUT2D eigenvalue weighted by Crippen LogP contribution is 2.35. The molecule has 1 heterocycles. The topological polar surface area (TPSA) is 169 Å². The number of halogens is 3. The summed E-state index contributed by atoms with van der Waals surface area (Å²) in [6.07, 6.45) is -2.74. The van der Waals surface area contributed by atoms with Crippen LogP contribution >= 0.6 is 23.2 Å². The fourth-order valence-electron chi connectivity index (χ4n) is 2.68. The quantitative estimate of drug-likeness (QED) is 0.374.